The SMILES string of the molecule is CC[C@@H]1CC[C@@H](CC)N1C[C]1[CH][CH][CH][C]1P(c1ccccc1)c1ccccc1. The zero-order valence-corrected chi connectivity index (χ0v) is 18.0. The van der Waals surface area contributed by atoms with E-state index < -0.39 is 7.92 Å². The van der Waals surface area contributed by atoms with Gasteiger partial charge in [0.2, 0.25) is 0 Å². The van der Waals surface area contributed by atoms with E-state index in [2.05, 4.69) is 98.7 Å². The van der Waals surface area contributed by atoms with Crippen molar-refractivity contribution < 1.29 is 0 Å². The molecule has 4 rings (SSSR count). The third kappa shape index (κ3) is 4.22. The molecule has 1 aliphatic carbocycles. The van der Waals surface area contributed by atoms with Crippen LogP contribution >= 0.6 is 7.92 Å². The molecule has 2 aliphatic rings. The fourth-order valence-electron chi connectivity index (χ4n) is 4.73. The number of hydrogen-bond donors (Lipinski definition) is 0. The van der Waals surface area contributed by atoms with Gasteiger partial charge in [-0.2, -0.15) is 0 Å². The minimum Gasteiger partial charge on any atom is -0.297 e. The molecule has 0 N–H and O–H groups in total. The van der Waals surface area contributed by atoms with Crippen LogP contribution in [-0.2, 0) is 0 Å². The molecule has 28 heavy (non-hydrogen) atoms. The number of nitrogens with zero attached hydrogens (tertiary/aromatic N) is 1. The van der Waals surface area contributed by atoms with Crippen LogP contribution in [0.4, 0.5) is 0 Å². The molecule has 0 amide bonds. The van der Waals surface area contributed by atoms with E-state index in [1.807, 2.05) is 0 Å². The lowest BCUT2D eigenvalue weighted by Gasteiger charge is -2.35. The van der Waals surface area contributed by atoms with Crippen molar-refractivity contribution >= 4 is 18.5 Å². The maximum Gasteiger partial charge on any atom is 0.0208 e. The fraction of sp³-hybridized carbons (Fsp3) is 0.346. The van der Waals surface area contributed by atoms with Gasteiger partial charge in [0.15, 0.2) is 0 Å². The minimum atomic E-state index is -0.514. The predicted molar refractivity (Wildman–Crippen MR) is 123 cm³/mol. The van der Waals surface area contributed by atoms with E-state index in [9.17, 15) is 0 Å². The second-order valence-electron chi connectivity index (χ2n) is 7.82. The lowest BCUT2D eigenvalue weighted by Crippen LogP contribution is -2.39. The Bertz CT molecular complexity index is 664. The van der Waals surface area contributed by atoms with E-state index >= 15 is 0 Å². The van der Waals surface area contributed by atoms with Crippen LogP contribution in [0.25, 0.3) is 0 Å². The fourth-order valence-corrected chi connectivity index (χ4v) is 7.19. The van der Waals surface area contributed by atoms with Crippen molar-refractivity contribution in [3.8, 4) is 0 Å². The van der Waals surface area contributed by atoms with Gasteiger partial charge in [-0.25, -0.2) is 0 Å². The molecule has 2 aromatic rings. The van der Waals surface area contributed by atoms with Crippen LogP contribution in [0.3, 0.4) is 0 Å². The highest BCUT2D eigenvalue weighted by Crippen LogP contribution is 2.56. The van der Waals surface area contributed by atoms with Gasteiger partial charge in [-0.05, 0) is 63.5 Å². The maximum atomic E-state index is 2.79. The maximum absolute atomic E-state index is 2.79. The highest BCUT2D eigenvalue weighted by molar-refractivity contribution is 7.76. The summed E-state index contributed by atoms with van der Waals surface area (Å²) in [4.78, 5) is 2.79. The first-order valence-corrected chi connectivity index (χ1v) is 12.1. The van der Waals surface area contributed by atoms with Gasteiger partial charge in [-0.1, -0.05) is 74.5 Å². The van der Waals surface area contributed by atoms with Crippen molar-refractivity contribution in [2.24, 2.45) is 0 Å². The summed E-state index contributed by atoms with van der Waals surface area (Å²) < 4.78 is 0. The van der Waals surface area contributed by atoms with Gasteiger partial charge in [-0.3, -0.25) is 4.90 Å². The molecular weight excluding hydrogens is 357 g/mol. The molecule has 0 bridgehead atoms. The third-order valence-electron chi connectivity index (χ3n) is 6.22. The summed E-state index contributed by atoms with van der Waals surface area (Å²) in [6.07, 6.45) is 12.3. The highest BCUT2D eigenvalue weighted by Gasteiger charge is 2.40. The normalized spacial score (nSPS) is 24.4. The highest BCUT2D eigenvalue weighted by atomic mass is 31.1. The summed E-state index contributed by atoms with van der Waals surface area (Å²) in [5.74, 6) is 1.53. The van der Waals surface area contributed by atoms with Gasteiger partial charge >= 0.3 is 0 Å². The van der Waals surface area contributed by atoms with E-state index in [0.717, 1.165) is 18.6 Å². The summed E-state index contributed by atoms with van der Waals surface area (Å²) in [7, 11) is -0.514. The van der Waals surface area contributed by atoms with Crippen molar-refractivity contribution in [1.82, 2.24) is 4.90 Å². The second kappa shape index (κ2) is 9.55. The Morgan fingerprint density at radius 3 is 1.82 bits per heavy atom. The van der Waals surface area contributed by atoms with E-state index in [0.29, 0.717) is 0 Å². The first-order chi connectivity index (χ1) is 13.8. The lowest BCUT2D eigenvalue weighted by atomic mass is 10.1. The van der Waals surface area contributed by atoms with E-state index in [-0.39, 0.29) is 0 Å². The molecule has 2 atom stereocenters. The van der Waals surface area contributed by atoms with Gasteiger partial charge in [0.05, 0.1) is 0 Å². The van der Waals surface area contributed by atoms with Crippen LogP contribution in [-0.4, -0.2) is 23.5 Å². The summed E-state index contributed by atoms with van der Waals surface area (Å²) >= 11 is 0. The minimum absolute atomic E-state index is 0.514. The zero-order chi connectivity index (χ0) is 19.3. The molecule has 0 spiro atoms. The topological polar surface area (TPSA) is 3.24 Å². The summed E-state index contributed by atoms with van der Waals surface area (Å²) in [5.41, 5.74) is 1.53. The molecule has 2 aromatic carbocycles. The largest absolute Gasteiger partial charge is 0.297 e. The molecule has 1 aliphatic heterocycles. The van der Waals surface area contributed by atoms with Crippen molar-refractivity contribution in [2.45, 2.75) is 51.6 Å². The van der Waals surface area contributed by atoms with Gasteiger partial charge in [0.1, 0.15) is 0 Å². The van der Waals surface area contributed by atoms with Crippen molar-refractivity contribution in [3.05, 3.63) is 91.5 Å². The molecule has 0 aromatic heterocycles. The molecule has 2 fully saturated rings. The Labute approximate surface area is 173 Å². The number of likely N-dealkylation sites (tertiary alicyclic amines) is 1. The summed E-state index contributed by atoms with van der Waals surface area (Å²) in [6.45, 7) is 5.79. The van der Waals surface area contributed by atoms with Crippen LogP contribution in [0.1, 0.15) is 39.5 Å². The summed E-state index contributed by atoms with van der Waals surface area (Å²) in [5, 5.41) is 2.88. The first kappa shape index (κ1) is 20.1. The molecule has 5 radical (unpaired) electrons. The van der Waals surface area contributed by atoms with Gasteiger partial charge in [0.25, 0.3) is 0 Å². The predicted octanol–water partition coefficient (Wildman–Crippen LogP) is 5.51. The van der Waals surface area contributed by atoms with E-state index in [4.69, 9.17) is 0 Å². The standard InChI is InChI=1S/C26H31NP/c1-3-22-18-19-23(4-2)27(22)20-21-12-11-17-26(21)28(24-13-7-5-8-14-24)25-15-9-6-10-16-25/h5-17,22-23H,3-4,18-20H2,1-2H3/t22-,23-/m1/s1. The molecule has 0 unspecified atom stereocenters. The number of benzene rings is 2. The van der Waals surface area contributed by atoms with Gasteiger partial charge < -0.3 is 0 Å². The van der Waals surface area contributed by atoms with E-state index in [1.165, 1.54) is 47.9 Å². The number of hydrogen-bond acceptors (Lipinski definition) is 1. The van der Waals surface area contributed by atoms with Gasteiger partial charge in [-0.15, -0.1) is 0 Å². The Morgan fingerprint density at radius 1 is 0.786 bits per heavy atom. The smallest absolute Gasteiger partial charge is 0.0208 e. The Hall–Kier alpha value is -1.17. The Morgan fingerprint density at radius 2 is 1.32 bits per heavy atom. The van der Waals surface area contributed by atoms with Crippen molar-refractivity contribution in [1.29, 1.82) is 0 Å². The quantitative estimate of drug-likeness (QED) is 0.566. The summed E-state index contributed by atoms with van der Waals surface area (Å²) in [6, 6.07) is 23.6. The second-order valence-corrected chi connectivity index (χ2v) is 10.0. The molecule has 1 heterocycles. The van der Waals surface area contributed by atoms with Gasteiger partial charge in [0, 0.05) is 30.2 Å². The van der Waals surface area contributed by atoms with Crippen LogP contribution in [0, 0.1) is 30.8 Å². The van der Waals surface area contributed by atoms with E-state index in [1.54, 1.807) is 0 Å². The molecule has 1 saturated heterocycles. The first-order valence-electron chi connectivity index (χ1n) is 10.7. The molecular formula is C26H31NP. The molecule has 1 nitrogen and oxygen atoms in total. The molecule has 145 valence electrons. The average Bonchev–Trinajstić information content (AvgIpc) is 3.37. The lowest BCUT2D eigenvalue weighted by molar-refractivity contribution is 0.195. The van der Waals surface area contributed by atoms with Crippen LogP contribution < -0.4 is 10.6 Å². The van der Waals surface area contributed by atoms with Crippen LogP contribution in [0.15, 0.2) is 60.7 Å². The number of rotatable bonds is 7. The monoisotopic (exact) mass is 388 g/mol. The van der Waals surface area contributed by atoms with Crippen molar-refractivity contribution in [2.75, 3.05) is 6.54 Å². The molecule has 2 heteroatoms. The Kier molecular flexibility index (Phi) is 6.86. The Balaban J connectivity index is 1.61. The van der Waals surface area contributed by atoms with Crippen molar-refractivity contribution in [3.63, 3.8) is 0 Å². The zero-order valence-electron chi connectivity index (χ0n) is 17.1. The molecule has 1 saturated carbocycles. The average molecular weight is 389 g/mol. The third-order valence-corrected chi connectivity index (χ3v) is 8.76. The van der Waals surface area contributed by atoms with Crippen LogP contribution in [0.5, 0.6) is 0 Å². The van der Waals surface area contributed by atoms with Crippen LogP contribution in [0.2, 0.25) is 0 Å².